The van der Waals surface area contributed by atoms with Crippen LogP contribution in [0.3, 0.4) is 0 Å². The Bertz CT molecular complexity index is 1140. The number of hydrogen-bond acceptors (Lipinski definition) is 7. The van der Waals surface area contributed by atoms with E-state index >= 15 is 0 Å². The summed E-state index contributed by atoms with van der Waals surface area (Å²) in [7, 11) is 0. The molecule has 1 aromatic heterocycles. The minimum atomic E-state index is -0.240. The van der Waals surface area contributed by atoms with Gasteiger partial charge < -0.3 is 25.0 Å². The lowest BCUT2D eigenvalue weighted by molar-refractivity contribution is 0.101. The average Bonchev–Trinajstić information content (AvgIpc) is 2.85. The number of anilines is 4. The van der Waals surface area contributed by atoms with E-state index in [2.05, 4.69) is 20.5 Å². The number of amides is 1. The number of ether oxygens (including phenoxy) is 2. The molecule has 8 heteroatoms. The highest BCUT2D eigenvalue weighted by Gasteiger charge is 2.20. The molecule has 170 valence electrons. The zero-order valence-corrected chi connectivity index (χ0v) is 18.6. The Morgan fingerprint density at radius 2 is 1.70 bits per heavy atom. The van der Waals surface area contributed by atoms with Crippen LogP contribution in [-0.2, 0) is 0 Å². The molecule has 5 rings (SSSR count). The van der Waals surface area contributed by atoms with Crippen LogP contribution < -0.4 is 25.0 Å². The van der Waals surface area contributed by atoms with Crippen LogP contribution in [0.2, 0.25) is 0 Å². The van der Waals surface area contributed by atoms with Gasteiger partial charge in [-0.25, -0.2) is 4.98 Å². The molecule has 0 spiro atoms. The summed E-state index contributed by atoms with van der Waals surface area (Å²) in [6.45, 7) is 4.89. The Morgan fingerprint density at radius 3 is 2.52 bits per heavy atom. The lowest BCUT2D eigenvalue weighted by Gasteiger charge is -2.27. The number of benzene rings is 2. The quantitative estimate of drug-likeness (QED) is 0.596. The fraction of sp³-hybridized carbons (Fsp3) is 0.320. The number of hydrogen-bond donors (Lipinski definition) is 2. The Labute approximate surface area is 193 Å². The summed E-state index contributed by atoms with van der Waals surface area (Å²) in [6, 6.07) is 14.8. The van der Waals surface area contributed by atoms with Crippen LogP contribution >= 0.6 is 0 Å². The van der Waals surface area contributed by atoms with E-state index in [1.54, 1.807) is 18.2 Å². The molecular formula is C25H27N5O3. The molecule has 2 N–H and O–H groups in total. The SMILES string of the molecule is Cc1cc(Nc2ccc(NC(=O)c3cccc4c3OCCO4)cc2)nc(N2CCCCC2)n1. The summed E-state index contributed by atoms with van der Waals surface area (Å²) >= 11 is 0. The predicted molar refractivity (Wildman–Crippen MR) is 128 cm³/mol. The standard InChI is InChI=1S/C25H27N5O3/c1-17-16-22(29-25(26-17)30-12-3-2-4-13-30)27-18-8-10-19(11-9-18)28-24(31)20-6-5-7-21-23(20)33-15-14-32-21/h5-11,16H,2-4,12-15H2,1H3,(H,28,31)(H,26,27,29). The lowest BCUT2D eigenvalue weighted by atomic mass is 10.1. The first-order valence-corrected chi connectivity index (χ1v) is 11.3. The van der Waals surface area contributed by atoms with Crippen LogP contribution in [0.5, 0.6) is 11.5 Å². The Hall–Kier alpha value is -3.81. The zero-order chi connectivity index (χ0) is 22.6. The van der Waals surface area contributed by atoms with Gasteiger partial charge in [-0.05, 0) is 62.6 Å². The summed E-state index contributed by atoms with van der Waals surface area (Å²) in [5.74, 6) is 2.38. The maximum Gasteiger partial charge on any atom is 0.259 e. The van der Waals surface area contributed by atoms with Crippen molar-refractivity contribution in [3.63, 3.8) is 0 Å². The molecule has 2 aromatic carbocycles. The highest BCUT2D eigenvalue weighted by atomic mass is 16.6. The van der Waals surface area contributed by atoms with Gasteiger partial charge in [0.2, 0.25) is 5.95 Å². The molecule has 1 fully saturated rings. The monoisotopic (exact) mass is 445 g/mol. The first-order valence-electron chi connectivity index (χ1n) is 11.3. The number of aryl methyl sites for hydroxylation is 1. The highest BCUT2D eigenvalue weighted by molar-refractivity contribution is 6.06. The molecule has 1 amide bonds. The number of para-hydroxylation sites is 1. The number of rotatable bonds is 5. The van der Waals surface area contributed by atoms with Crippen molar-refractivity contribution >= 4 is 29.0 Å². The topological polar surface area (TPSA) is 88.6 Å². The number of carbonyl (C=O) groups excluding carboxylic acids is 1. The van der Waals surface area contributed by atoms with Crippen LogP contribution in [0.25, 0.3) is 0 Å². The van der Waals surface area contributed by atoms with Crippen molar-refractivity contribution in [2.45, 2.75) is 26.2 Å². The number of carbonyl (C=O) groups is 1. The second-order valence-corrected chi connectivity index (χ2v) is 8.23. The number of aromatic nitrogens is 2. The van der Waals surface area contributed by atoms with Crippen LogP contribution in [0.4, 0.5) is 23.1 Å². The van der Waals surface area contributed by atoms with Crippen molar-refractivity contribution in [3.8, 4) is 11.5 Å². The van der Waals surface area contributed by atoms with Gasteiger partial charge in [0.1, 0.15) is 19.0 Å². The molecule has 3 aromatic rings. The number of piperidine rings is 1. The predicted octanol–water partition coefficient (Wildman–Crippen LogP) is 4.54. The smallest absolute Gasteiger partial charge is 0.259 e. The normalized spacial score (nSPS) is 15.1. The van der Waals surface area contributed by atoms with Gasteiger partial charge in [0, 0.05) is 36.2 Å². The third kappa shape index (κ3) is 4.84. The van der Waals surface area contributed by atoms with E-state index in [1.807, 2.05) is 37.3 Å². The largest absolute Gasteiger partial charge is 0.486 e. The van der Waals surface area contributed by atoms with E-state index in [4.69, 9.17) is 14.5 Å². The number of fused-ring (bicyclic) bond motifs is 1. The van der Waals surface area contributed by atoms with E-state index in [1.165, 1.54) is 19.3 Å². The number of nitrogens with one attached hydrogen (secondary N) is 2. The summed E-state index contributed by atoms with van der Waals surface area (Å²) < 4.78 is 11.2. The van der Waals surface area contributed by atoms with Gasteiger partial charge in [-0.3, -0.25) is 4.79 Å². The van der Waals surface area contributed by atoms with E-state index in [0.29, 0.717) is 36.0 Å². The van der Waals surface area contributed by atoms with Gasteiger partial charge in [0.15, 0.2) is 11.5 Å². The van der Waals surface area contributed by atoms with E-state index < -0.39 is 0 Å². The summed E-state index contributed by atoms with van der Waals surface area (Å²) in [5.41, 5.74) is 2.95. The zero-order valence-electron chi connectivity index (χ0n) is 18.6. The first kappa shape index (κ1) is 21.1. The van der Waals surface area contributed by atoms with E-state index in [0.717, 1.165) is 36.2 Å². The van der Waals surface area contributed by atoms with Gasteiger partial charge in [0.25, 0.3) is 5.91 Å². The lowest BCUT2D eigenvalue weighted by Crippen LogP contribution is -2.31. The minimum absolute atomic E-state index is 0.240. The molecule has 8 nitrogen and oxygen atoms in total. The van der Waals surface area contributed by atoms with Crippen LogP contribution in [0.15, 0.2) is 48.5 Å². The second-order valence-electron chi connectivity index (χ2n) is 8.23. The fourth-order valence-electron chi connectivity index (χ4n) is 4.09. The third-order valence-corrected chi connectivity index (χ3v) is 5.71. The molecule has 0 unspecified atom stereocenters. The van der Waals surface area contributed by atoms with Crippen LogP contribution in [0.1, 0.15) is 35.3 Å². The Balaban J connectivity index is 1.27. The molecule has 2 aliphatic heterocycles. The molecule has 0 bridgehead atoms. The Morgan fingerprint density at radius 1 is 0.939 bits per heavy atom. The maximum atomic E-state index is 12.8. The van der Waals surface area contributed by atoms with E-state index in [9.17, 15) is 4.79 Å². The molecular weight excluding hydrogens is 418 g/mol. The van der Waals surface area contributed by atoms with Crippen molar-refractivity contribution in [1.82, 2.24) is 9.97 Å². The van der Waals surface area contributed by atoms with Gasteiger partial charge in [0.05, 0.1) is 5.56 Å². The molecule has 3 heterocycles. The fourth-order valence-corrected chi connectivity index (χ4v) is 4.09. The van der Waals surface area contributed by atoms with Gasteiger partial charge in [-0.1, -0.05) is 6.07 Å². The second kappa shape index (κ2) is 9.36. The molecule has 0 saturated carbocycles. The summed E-state index contributed by atoms with van der Waals surface area (Å²) in [5, 5.41) is 6.28. The molecule has 2 aliphatic rings. The molecule has 0 radical (unpaired) electrons. The minimum Gasteiger partial charge on any atom is -0.486 e. The molecule has 0 aliphatic carbocycles. The van der Waals surface area contributed by atoms with Crippen molar-refractivity contribution < 1.29 is 14.3 Å². The molecule has 0 atom stereocenters. The van der Waals surface area contributed by atoms with Crippen LogP contribution in [0, 0.1) is 6.92 Å². The van der Waals surface area contributed by atoms with E-state index in [-0.39, 0.29) is 5.91 Å². The average molecular weight is 446 g/mol. The number of nitrogens with zero attached hydrogens (tertiary/aromatic N) is 3. The van der Waals surface area contributed by atoms with Crippen molar-refractivity contribution in [2.75, 3.05) is 41.8 Å². The van der Waals surface area contributed by atoms with Crippen molar-refractivity contribution in [2.24, 2.45) is 0 Å². The van der Waals surface area contributed by atoms with Gasteiger partial charge >= 0.3 is 0 Å². The third-order valence-electron chi connectivity index (χ3n) is 5.71. The van der Waals surface area contributed by atoms with Gasteiger partial charge in [-0.2, -0.15) is 4.98 Å². The summed E-state index contributed by atoms with van der Waals surface area (Å²) in [4.78, 5) is 24.4. The van der Waals surface area contributed by atoms with Crippen molar-refractivity contribution in [3.05, 3.63) is 59.8 Å². The maximum absolute atomic E-state index is 12.8. The first-order chi connectivity index (χ1) is 16.2. The van der Waals surface area contributed by atoms with Crippen LogP contribution in [-0.4, -0.2) is 42.2 Å². The van der Waals surface area contributed by atoms with Gasteiger partial charge in [-0.15, -0.1) is 0 Å². The van der Waals surface area contributed by atoms with Crippen molar-refractivity contribution in [1.29, 1.82) is 0 Å². The molecule has 33 heavy (non-hydrogen) atoms. The Kier molecular flexibility index (Phi) is 5.97. The molecule has 1 saturated heterocycles. The highest BCUT2D eigenvalue weighted by Crippen LogP contribution is 2.34. The summed E-state index contributed by atoms with van der Waals surface area (Å²) in [6.07, 6.45) is 3.63.